The van der Waals surface area contributed by atoms with Gasteiger partial charge in [-0.05, 0) is 50.5 Å². The van der Waals surface area contributed by atoms with E-state index in [-0.39, 0.29) is 11.9 Å². The van der Waals surface area contributed by atoms with Crippen molar-refractivity contribution in [1.29, 1.82) is 0 Å². The maximum absolute atomic E-state index is 11.8. The molecule has 1 aliphatic carbocycles. The summed E-state index contributed by atoms with van der Waals surface area (Å²) in [6.45, 7) is 0.691. The smallest absolute Gasteiger partial charge is 0.236 e. The third-order valence-electron chi connectivity index (χ3n) is 3.73. The minimum Gasteiger partial charge on any atom is -0.355 e. The van der Waals surface area contributed by atoms with E-state index in [1.165, 1.54) is 34.8 Å². The van der Waals surface area contributed by atoms with Crippen LogP contribution >= 0.6 is 23.1 Å². The van der Waals surface area contributed by atoms with Gasteiger partial charge in [0.2, 0.25) is 5.91 Å². The Labute approximate surface area is 135 Å². The molecule has 1 atom stereocenters. The fourth-order valence-corrected chi connectivity index (χ4v) is 4.16. The summed E-state index contributed by atoms with van der Waals surface area (Å²) in [7, 11) is 0. The van der Waals surface area contributed by atoms with Gasteiger partial charge in [-0.2, -0.15) is 11.8 Å². The van der Waals surface area contributed by atoms with Crippen LogP contribution in [-0.2, 0) is 24.1 Å². The third kappa shape index (κ3) is 5.27. The van der Waals surface area contributed by atoms with Crippen molar-refractivity contribution in [3.63, 3.8) is 0 Å². The van der Waals surface area contributed by atoms with Gasteiger partial charge in [-0.25, -0.2) is 4.98 Å². The average Bonchev–Trinajstić information content (AvgIpc) is 2.91. The second-order valence-corrected chi connectivity index (χ2v) is 7.62. The van der Waals surface area contributed by atoms with E-state index >= 15 is 0 Å². The van der Waals surface area contributed by atoms with E-state index in [1.807, 2.05) is 17.6 Å². The first kappa shape index (κ1) is 16.8. The molecule has 0 spiro atoms. The maximum atomic E-state index is 11.8. The van der Waals surface area contributed by atoms with Crippen molar-refractivity contribution < 1.29 is 4.79 Å². The number of carbonyl (C=O) groups is 1. The SMILES string of the molecule is CSCC[C@H](N)C(=O)NCCCc1nc2c(s1)CCCC2. The Balaban J connectivity index is 1.65. The number of nitrogens with zero attached hydrogens (tertiary/aromatic N) is 1. The molecule has 1 amide bonds. The zero-order valence-corrected chi connectivity index (χ0v) is 14.3. The molecule has 4 nitrogen and oxygen atoms in total. The highest BCUT2D eigenvalue weighted by Crippen LogP contribution is 2.27. The van der Waals surface area contributed by atoms with Gasteiger partial charge in [0.25, 0.3) is 0 Å². The molecule has 0 saturated carbocycles. The van der Waals surface area contributed by atoms with E-state index in [0.29, 0.717) is 6.54 Å². The van der Waals surface area contributed by atoms with Gasteiger partial charge in [0.1, 0.15) is 0 Å². The quantitative estimate of drug-likeness (QED) is 0.718. The van der Waals surface area contributed by atoms with Gasteiger partial charge in [-0.3, -0.25) is 4.79 Å². The van der Waals surface area contributed by atoms with Crippen molar-refractivity contribution in [2.45, 2.75) is 51.0 Å². The molecule has 118 valence electrons. The largest absolute Gasteiger partial charge is 0.355 e. The monoisotopic (exact) mass is 327 g/mol. The number of nitrogens with two attached hydrogens (primary N) is 1. The van der Waals surface area contributed by atoms with Gasteiger partial charge in [0.15, 0.2) is 0 Å². The molecule has 1 aliphatic rings. The molecule has 0 saturated heterocycles. The molecule has 0 radical (unpaired) electrons. The van der Waals surface area contributed by atoms with E-state index in [1.54, 1.807) is 11.8 Å². The van der Waals surface area contributed by atoms with Crippen molar-refractivity contribution in [2.24, 2.45) is 5.73 Å². The number of fused-ring (bicyclic) bond motifs is 1. The first-order chi connectivity index (χ1) is 10.2. The summed E-state index contributed by atoms with van der Waals surface area (Å²) < 4.78 is 0. The van der Waals surface area contributed by atoms with Gasteiger partial charge in [0, 0.05) is 17.8 Å². The lowest BCUT2D eigenvalue weighted by Gasteiger charge is -2.11. The lowest BCUT2D eigenvalue weighted by atomic mass is 10.0. The summed E-state index contributed by atoms with van der Waals surface area (Å²) >= 11 is 3.58. The van der Waals surface area contributed by atoms with Crippen LogP contribution in [0.1, 0.15) is 41.3 Å². The number of nitrogens with one attached hydrogen (secondary N) is 1. The lowest BCUT2D eigenvalue weighted by molar-refractivity contribution is -0.122. The van der Waals surface area contributed by atoms with Gasteiger partial charge >= 0.3 is 0 Å². The van der Waals surface area contributed by atoms with Crippen molar-refractivity contribution in [3.05, 3.63) is 15.6 Å². The molecule has 0 aliphatic heterocycles. The van der Waals surface area contributed by atoms with Crippen LogP contribution in [0.2, 0.25) is 0 Å². The lowest BCUT2D eigenvalue weighted by Crippen LogP contribution is -2.41. The summed E-state index contributed by atoms with van der Waals surface area (Å²) in [5, 5.41) is 4.15. The van der Waals surface area contributed by atoms with Crippen LogP contribution in [0.5, 0.6) is 0 Å². The Bertz CT molecular complexity index is 438. The number of thioether (sulfide) groups is 1. The molecule has 6 heteroatoms. The molecular formula is C15H25N3OS2. The second-order valence-electron chi connectivity index (χ2n) is 5.47. The number of amides is 1. The van der Waals surface area contributed by atoms with Crippen molar-refractivity contribution in [1.82, 2.24) is 10.3 Å². The van der Waals surface area contributed by atoms with Gasteiger partial charge in [-0.1, -0.05) is 0 Å². The molecular weight excluding hydrogens is 302 g/mol. The average molecular weight is 328 g/mol. The van der Waals surface area contributed by atoms with Crippen LogP contribution in [0.4, 0.5) is 0 Å². The van der Waals surface area contributed by atoms with Crippen molar-refractivity contribution in [2.75, 3.05) is 18.6 Å². The Hall–Kier alpha value is -0.590. The molecule has 0 bridgehead atoms. The van der Waals surface area contributed by atoms with Crippen LogP contribution in [0, 0.1) is 0 Å². The second kappa shape index (κ2) is 8.76. The Kier molecular flexibility index (Phi) is 6.99. The Morgan fingerprint density at radius 1 is 1.48 bits per heavy atom. The molecule has 21 heavy (non-hydrogen) atoms. The molecule has 0 fully saturated rings. The molecule has 0 aromatic carbocycles. The van der Waals surface area contributed by atoms with E-state index in [0.717, 1.165) is 31.4 Å². The first-order valence-electron chi connectivity index (χ1n) is 7.70. The number of thiazole rings is 1. The predicted octanol–water partition coefficient (Wildman–Crippen LogP) is 2.15. The van der Waals surface area contributed by atoms with Gasteiger partial charge in [-0.15, -0.1) is 11.3 Å². The summed E-state index contributed by atoms with van der Waals surface area (Å²) in [6.07, 6.45) is 9.59. The number of carbonyl (C=O) groups excluding carboxylic acids is 1. The number of hydrogen-bond acceptors (Lipinski definition) is 5. The fourth-order valence-electron chi connectivity index (χ4n) is 2.47. The normalized spacial score (nSPS) is 15.5. The van der Waals surface area contributed by atoms with Crippen LogP contribution in [0.15, 0.2) is 0 Å². The molecule has 3 N–H and O–H groups in total. The number of aryl methyl sites for hydroxylation is 3. The Morgan fingerprint density at radius 3 is 3.05 bits per heavy atom. The van der Waals surface area contributed by atoms with Crippen molar-refractivity contribution >= 4 is 29.0 Å². The van der Waals surface area contributed by atoms with E-state index < -0.39 is 0 Å². The van der Waals surface area contributed by atoms with E-state index in [2.05, 4.69) is 5.32 Å². The summed E-state index contributed by atoms with van der Waals surface area (Å²) in [5.41, 5.74) is 7.15. The summed E-state index contributed by atoms with van der Waals surface area (Å²) in [6, 6.07) is -0.371. The number of aromatic nitrogens is 1. The van der Waals surface area contributed by atoms with E-state index in [4.69, 9.17) is 10.7 Å². The standard InChI is InChI=1S/C15H25N3OS2/c1-20-10-8-11(16)15(19)17-9-4-7-14-18-12-5-2-3-6-13(12)21-14/h11H,2-10,16H2,1H3,(H,17,19)/t11-/m0/s1. The topological polar surface area (TPSA) is 68.0 Å². The fraction of sp³-hybridized carbons (Fsp3) is 0.733. The molecule has 2 rings (SSSR count). The van der Waals surface area contributed by atoms with Crippen LogP contribution in [-0.4, -0.2) is 35.5 Å². The zero-order valence-electron chi connectivity index (χ0n) is 12.7. The molecule has 1 heterocycles. The summed E-state index contributed by atoms with van der Waals surface area (Å²) in [4.78, 5) is 18.0. The minimum atomic E-state index is -0.371. The minimum absolute atomic E-state index is 0.0255. The highest BCUT2D eigenvalue weighted by atomic mass is 32.2. The molecule has 1 aromatic heterocycles. The zero-order chi connectivity index (χ0) is 15.1. The maximum Gasteiger partial charge on any atom is 0.236 e. The number of rotatable bonds is 8. The van der Waals surface area contributed by atoms with Gasteiger partial charge < -0.3 is 11.1 Å². The van der Waals surface area contributed by atoms with Crippen LogP contribution in [0.3, 0.4) is 0 Å². The number of hydrogen-bond donors (Lipinski definition) is 2. The third-order valence-corrected chi connectivity index (χ3v) is 5.59. The first-order valence-corrected chi connectivity index (χ1v) is 9.91. The van der Waals surface area contributed by atoms with Crippen LogP contribution in [0.25, 0.3) is 0 Å². The highest BCUT2D eigenvalue weighted by molar-refractivity contribution is 7.98. The Morgan fingerprint density at radius 2 is 2.29 bits per heavy atom. The highest BCUT2D eigenvalue weighted by Gasteiger charge is 2.15. The van der Waals surface area contributed by atoms with E-state index in [9.17, 15) is 4.79 Å². The predicted molar refractivity (Wildman–Crippen MR) is 91.1 cm³/mol. The molecule has 0 unspecified atom stereocenters. The van der Waals surface area contributed by atoms with Gasteiger partial charge in [0.05, 0.1) is 16.7 Å². The van der Waals surface area contributed by atoms with Crippen LogP contribution < -0.4 is 11.1 Å². The van der Waals surface area contributed by atoms with Crippen molar-refractivity contribution in [3.8, 4) is 0 Å². The summed E-state index contributed by atoms with van der Waals surface area (Å²) in [5.74, 6) is 0.904. The molecule has 1 aromatic rings.